The van der Waals surface area contributed by atoms with E-state index in [1.54, 1.807) is 30.3 Å². The molecule has 2 aromatic rings. The average Bonchev–Trinajstić information content (AvgIpc) is 2.52. The molecule has 0 spiro atoms. The number of halogens is 1. The number of benzene rings is 2. The van der Waals surface area contributed by atoms with Crippen molar-refractivity contribution in [1.29, 1.82) is 0 Å². The molecule has 6 nitrogen and oxygen atoms in total. The third-order valence-corrected chi connectivity index (χ3v) is 4.83. The normalized spacial score (nSPS) is 14.1. The molecule has 0 aliphatic rings. The van der Waals surface area contributed by atoms with Crippen LogP contribution in [0, 0.1) is 0 Å². The summed E-state index contributed by atoms with van der Waals surface area (Å²) in [6, 6.07) is 13.6. The van der Waals surface area contributed by atoms with Gasteiger partial charge in [0, 0.05) is 5.02 Å². The van der Waals surface area contributed by atoms with Gasteiger partial charge in [0.15, 0.2) is 0 Å². The van der Waals surface area contributed by atoms with Crippen molar-refractivity contribution in [2.75, 3.05) is 0 Å². The maximum absolute atomic E-state index is 11.8. The molecule has 128 valence electrons. The van der Waals surface area contributed by atoms with Crippen LogP contribution in [0.1, 0.15) is 16.9 Å². The Morgan fingerprint density at radius 2 is 1.67 bits per heavy atom. The minimum atomic E-state index is -4.63. The first kappa shape index (κ1) is 18.6. The molecule has 0 radical (unpaired) electrons. The molecule has 0 bridgehead atoms. The van der Waals surface area contributed by atoms with Crippen molar-refractivity contribution in [3.05, 3.63) is 70.7 Å². The van der Waals surface area contributed by atoms with Gasteiger partial charge in [0.2, 0.25) is 0 Å². The Morgan fingerprint density at radius 1 is 1.08 bits per heavy atom. The van der Waals surface area contributed by atoms with E-state index in [0.717, 1.165) is 5.56 Å². The van der Waals surface area contributed by atoms with E-state index in [9.17, 15) is 24.3 Å². The van der Waals surface area contributed by atoms with Gasteiger partial charge in [-0.25, -0.2) is 0 Å². The van der Waals surface area contributed by atoms with Gasteiger partial charge >= 0.3 is 13.6 Å². The first-order valence-corrected chi connectivity index (χ1v) is 9.17. The second-order valence-corrected chi connectivity index (χ2v) is 7.42. The van der Waals surface area contributed by atoms with Crippen LogP contribution in [0.2, 0.25) is 5.02 Å². The molecule has 4 N–H and O–H groups in total. The Hall–Kier alpha value is -1.69. The molecule has 2 rings (SSSR count). The first-order chi connectivity index (χ1) is 11.3. The van der Waals surface area contributed by atoms with Gasteiger partial charge in [-0.2, -0.15) is 0 Å². The standard InChI is InChI=1S/C16H17ClNO5P/c17-13-8-6-12(7-9-13)15(24(21,22)23)18-14(16(19)20)10-11-4-2-1-3-5-11/h1-9,14-15,18H,10H2,(H,19,20)(H2,21,22,23). The van der Waals surface area contributed by atoms with Crippen molar-refractivity contribution in [2.45, 2.75) is 18.2 Å². The highest BCUT2D eigenvalue weighted by Crippen LogP contribution is 2.50. The summed E-state index contributed by atoms with van der Waals surface area (Å²) in [4.78, 5) is 30.8. The summed E-state index contributed by atoms with van der Waals surface area (Å²) in [7, 11) is -4.63. The number of hydrogen-bond donors (Lipinski definition) is 4. The molecule has 0 heterocycles. The summed E-state index contributed by atoms with van der Waals surface area (Å²) in [5.41, 5.74) is 1.02. The minimum Gasteiger partial charge on any atom is -0.480 e. The van der Waals surface area contributed by atoms with Gasteiger partial charge in [-0.05, 0) is 29.7 Å². The van der Waals surface area contributed by atoms with Crippen LogP contribution in [-0.4, -0.2) is 26.9 Å². The highest BCUT2D eigenvalue weighted by atomic mass is 35.5. The lowest BCUT2D eigenvalue weighted by Gasteiger charge is -2.24. The van der Waals surface area contributed by atoms with Gasteiger partial charge in [-0.15, -0.1) is 0 Å². The van der Waals surface area contributed by atoms with E-state index in [4.69, 9.17) is 11.6 Å². The van der Waals surface area contributed by atoms with Crippen LogP contribution in [0.25, 0.3) is 0 Å². The first-order valence-electron chi connectivity index (χ1n) is 7.11. The molecule has 0 amide bonds. The Bertz CT molecular complexity index is 732. The van der Waals surface area contributed by atoms with Crippen LogP contribution in [0.5, 0.6) is 0 Å². The number of hydrogen-bond acceptors (Lipinski definition) is 3. The van der Waals surface area contributed by atoms with Crippen molar-refractivity contribution in [1.82, 2.24) is 5.32 Å². The van der Waals surface area contributed by atoms with E-state index in [2.05, 4.69) is 5.32 Å². The van der Waals surface area contributed by atoms with E-state index >= 15 is 0 Å². The number of carbonyl (C=O) groups is 1. The highest BCUT2D eigenvalue weighted by molar-refractivity contribution is 7.52. The van der Waals surface area contributed by atoms with Crippen molar-refractivity contribution < 1.29 is 24.3 Å². The molecule has 8 heteroatoms. The molecule has 0 aliphatic heterocycles. The minimum absolute atomic E-state index is 0.0975. The smallest absolute Gasteiger partial charge is 0.346 e. The fraction of sp³-hybridized carbons (Fsp3) is 0.188. The van der Waals surface area contributed by atoms with E-state index in [1.807, 2.05) is 0 Å². The van der Waals surface area contributed by atoms with Crippen LogP contribution in [0.3, 0.4) is 0 Å². The lowest BCUT2D eigenvalue weighted by atomic mass is 10.1. The van der Waals surface area contributed by atoms with Crippen LogP contribution in [0.15, 0.2) is 54.6 Å². The van der Waals surface area contributed by atoms with Crippen LogP contribution in [-0.2, 0) is 15.8 Å². The Labute approximate surface area is 144 Å². The summed E-state index contributed by atoms with van der Waals surface area (Å²) in [5.74, 6) is -2.62. The second kappa shape index (κ2) is 7.92. The van der Waals surface area contributed by atoms with Crippen molar-refractivity contribution in [2.24, 2.45) is 0 Å². The monoisotopic (exact) mass is 369 g/mol. The third-order valence-electron chi connectivity index (χ3n) is 3.46. The van der Waals surface area contributed by atoms with Gasteiger partial charge < -0.3 is 14.9 Å². The Balaban J connectivity index is 2.27. The lowest BCUT2D eigenvalue weighted by Crippen LogP contribution is -2.40. The summed E-state index contributed by atoms with van der Waals surface area (Å²) >= 11 is 5.79. The van der Waals surface area contributed by atoms with Crippen molar-refractivity contribution >= 4 is 25.2 Å². The van der Waals surface area contributed by atoms with E-state index in [1.165, 1.54) is 24.3 Å². The number of nitrogens with one attached hydrogen (secondary N) is 1. The number of rotatable bonds is 7. The zero-order chi connectivity index (χ0) is 17.7. The maximum Gasteiger partial charge on any atom is 0.346 e. The van der Waals surface area contributed by atoms with Crippen molar-refractivity contribution in [3.63, 3.8) is 0 Å². The van der Waals surface area contributed by atoms with E-state index in [0.29, 0.717) is 5.02 Å². The molecule has 2 aromatic carbocycles. The van der Waals surface area contributed by atoms with E-state index < -0.39 is 25.4 Å². The zero-order valence-corrected chi connectivity index (χ0v) is 14.2. The second-order valence-electron chi connectivity index (χ2n) is 5.29. The molecular formula is C16H17ClNO5P. The Kier molecular flexibility index (Phi) is 6.15. The van der Waals surface area contributed by atoms with Crippen LogP contribution < -0.4 is 5.32 Å². The van der Waals surface area contributed by atoms with Gasteiger partial charge in [-0.1, -0.05) is 54.1 Å². The molecule has 0 fully saturated rings. The molecule has 24 heavy (non-hydrogen) atoms. The number of carboxylic acids is 1. The SMILES string of the molecule is O=C(O)C(Cc1ccccc1)NC(c1ccc(Cl)cc1)P(=O)(O)O. The topological polar surface area (TPSA) is 107 Å². The Morgan fingerprint density at radius 3 is 2.17 bits per heavy atom. The fourth-order valence-corrected chi connectivity index (χ4v) is 3.35. The van der Waals surface area contributed by atoms with Gasteiger partial charge in [0.1, 0.15) is 11.8 Å². The van der Waals surface area contributed by atoms with Crippen molar-refractivity contribution in [3.8, 4) is 0 Å². The molecule has 0 saturated heterocycles. The number of carboxylic acid groups (broad SMARTS) is 1. The summed E-state index contributed by atoms with van der Waals surface area (Å²) < 4.78 is 11.8. The molecule has 2 atom stereocenters. The predicted molar refractivity (Wildman–Crippen MR) is 90.9 cm³/mol. The lowest BCUT2D eigenvalue weighted by molar-refractivity contribution is -0.139. The van der Waals surface area contributed by atoms with Gasteiger partial charge in [0.05, 0.1) is 0 Å². The third kappa shape index (κ3) is 5.16. The molecule has 0 saturated carbocycles. The van der Waals surface area contributed by atoms with Crippen LogP contribution >= 0.6 is 19.2 Å². The summed E-state index contributed by atoms with van der Waals surface area (Å²) in [5, 5.41) is 12.4. The van der Waals surface area contributed by atoms with Gasteiger partial charge in [0.25, 0.3) is 0 Å². The predicted octanol–water partition coefficient (Wildman–Crippen LogP) is 2.80. The highest BCUT2D eigenvalue weighted by Gasteiger charge is 2.34. The van der Waals surface area contributed by atoms with E-state index in [-0.39, 0.29) is 12.0 Å². The molecule has 0 aliphatic carbocycles. The number of aliphatic carboxylic acids is 1. The quantitative estimate of drug-likeness (QED) is 0.559. The fourth-order valence-electron chi connectivity index (χ4n) is 2.29. The molecule has 2 unspecified atom stereocenters. The van der Waals surface area contributed by atoms with Gasteiger partial charge in [-0.3, -0.25) is 14.7 Å². The zero-order valence-electron chi connectivity index (χ0n) is 12.5. The summed E-state index contributed by atoms with van der Waals surface area (Å²) in [6.45, 7) is 0. The molecule has 0 aromatic heterocycles. The van der Waals surface area contributed by atoms with Crippen LogP contribution in [0.4, 0.5) is 0 Å². The average molecular weight is 370 g/mol. The maximum atomic E-state index is 11.8. The largest absolute Gasteiger partial charge is 0.480 e. The summed E-state index contributed by atoms with van der Waals surface area (Å²) in [6.07, 6.45) is 0.0975. The molecular weight excluding hydrogens is 353 g/mol.